The lowest BCUT2D eigenvalue weighted by molar-refractivity contribution is 0.0717. The molecule has 4 nitrogen and oxygen atoms in total. The number of benzene rings is 3. The van der Waals surface area contributed by atoms with Crippen LogP contribution >= 0.6 is 11.8 Å². The Morgan fingerprint density at radius 3 is 2.23 bits per heavy atom. The Hall–Kier alpha value is -3.31. The van der Waals surface area contributed by atoms with Gasteiger partial charge in [-0.1, -0.05) is 65.9 Å². The molecule has 1 heterocycles. The van der Waals surface area contributed by atoms with Crippen LogP contribution in [0.25, 0.3) is 5.69 Å². The van der Waals surface area contributed by atoms with Gasteiger partial charge in [0.1, 0.15) is 0 Å². The van der Waals surface area contributed by atoms with Crippen molar-refractivity contribution in [2.45, 2.75) is 30.6 Å². The maximum Gasteiger partial charge on any atom is 0.345 e. The van der Waals surface area contributed by atoms with Gasteiger partial charge in [-0.3, -0.25) is 0 Å². The van der Waals surface area contributed by atoms with E-state index in [4.69, 9.17) is 4.74 Å². The van der Waals surface area contributed by atoms with Gasteiger partial charge in [-0.15, -0.1) is 0 Å². The lowest BCUT2D eigenvalue weighted by Crippen LogP contribution is -2.13. The lowest BCUT2D eigenvalue weighted by Gasteiger charge is -2.11. The van der Waals surface area contributed by atoms with Crippen molar-refractivity contribution in [1.29, 1.82) is 0 Å². The Morgan fingerprint density at radius 1 is 0.867 bits per heavy atom. The quantitative estimate of drug-likeness (QED) is 0.366. The third-order valence-electron chi connectivity index (χ3n) is 4.76. The summed E-state index contributed by atoms with van der Waals surface area (Å²) in [5.41, 5.74) is 4.25. The molecule has 4 rings (SSSR count). The molecule has 0 aliphatic heterocycles. The molecule has 5 heteroatoms. The van der Waals surface area contributed by atoms with E-state index in [0.717, 1.165) is 26.7 Å². The van der Waals surface area contributed by atoms with Crippen LogP contribution in [-0.4, -0.2) is 15.7 Å². The van der Waals surface area contributed by atoms with Crippen molar-refractivity contribution in [3.63, 3.8) is 0 Å². The molecule has 150 valence electrons. The number of hydrogen-bond donors (Lipinski definition) is 0. The first-order valence-corrected chi connectivity index (χ1v) is 10.5. The molecule has 3 aromatic carbocycles. The van der Waals surface area contributed by atoms with Gasteiger partial charge in [-0.05, 0) is 56.7 Å². The zero-order valence-electron chi connectivity index (χ0n) is 17.1. The van der Waals surface area contributed by atoms with Gasteiger partial charge in [0.15, 0.2) is 0 Å². The summed E-state index contributed by atoms with van der Waals surface area (Å²) in [4.78, 5) is 14.9. The highest BCUT2D eigenvalue weighted by molar-refractivity contribution is 7.99. The molecule has 0 saturated carbocycles. The Labute approximate surface area is 180 Å². The van der Waals surface area contributed by atoms with Crippen molar-refractivity contribution in [1.82, 2.24) is 9.78 Å². The minimum absolute atomic E-state index is 0.393. The van der Waals surface area contributed by atoms with Gasteiger partial charge in [-0.25, -0.2) is 4.79 Å². The van der Waals surface area contributed by atoms with E-state index < -0.39 is 5.97 Å². The summed E-state index contributed by atoms with van der Waals surface area (Å²) in [7, 11) is 0. The molecule has 0 spiro atoms. The average Bonchev–Trinajstić information content (AvgIpc) is 3.06. The van der Waals surface area contributed by atoms with E-state index in [1.165, 1.54) is 5.56 Å². The minimum atomic E-state index is -0.393. The smallest absolute Gasteiger partial charge is 0.345 e. The molecule has 30 heavy (non-hydrogen) atoms. The maximum atomic E-state index is 13.0. The van der Waals surface area contributed by atoms with Crippen LogP contribution in [-0.2, 0) is 0 Å². The van der Waals surface area contributed by atoms with Crippen LogP contribution < -0.4 is 4.74 Å². The third-order valence-corrected chi connectivity index (χ3v) is 5.94. The fourth-order valence-corrected chi connectivity index (χ4v) is 4.02. The summed E-state index contributed by atoms with van der Waals surface area (Å²) in [5.74, 6) is 0.0356. The van der Waals surface area contributed by atoms with Crippen molar-refractivity contribution in [3.05, 3.63) is 101 Å². The number of aryl methyl sites for hydroxylation is 3. The van der Waals surface area contributed by atoms with Crippen LogP contribution in [0.1, 0.15) is 27.2 Å². The van der Waals surface area contributed by atoms with Gasteiger partial charge in [0.2, 0.25) is 5.88 Å². The Balaban J connectivity index is 1.78. The van der Waals surface area contributed by atoms with Gasteiger partial charge >= 0.3 is 5.97 Å². The molecule has 0 unspecified atom stereocenters. The number of esters is 1. The number of carbonyl (C=O) groups excluding carboxylic acids is 1. The summed E-state index contributed by atoms with van der Waals surface area (Å²) in [6.07, 6.45) is 0. The minimum Gasteiger partial charge on any atom is -0.402 e. The number of para-hydroxylation sites is 1. The van der Waals surface area contributed by atoms with Crippen LogP contribution in [0.15, 0.2) is 88.7 Å². The number of aromatic nitrogens is 2. The zero-order valence-corrected chi connectivity index (χ0v) is 17.9. The molecule has 0 radical (unpaired) electrons. The molecular weight excluding hydrogens is 392 g/mol. The highest BCUT2D eigenvalue weighted by atomic mass is 32.2. The topological polar surface area (TPSA) is 44.1 Å². The second-order valence-corrected chi connectivity index (χ2v) is 8.17. The van der Waals surface area contributed by atoms with E-state index in [0.29, 0.717) is 11.4 Å². The average molecular weight is 415 g/mol. The summed E-state index contributed by atoms with van der Waals surface area (Å²) in [6.45, 7) is 5.89. The van der Waals surface area contributed by atoms with Crippen LogP contribution in [0.3, 0.4) is 0 Å². The molecule has 0 aliphatic carbocycles. The van der Waals surface area contributed by atoms with E-state index in [9.17, 15) is 4.79 Å². The molecule has 0 amide bonds. The van der Waals surface area contributed by atoms with E-state index in [1.807, 2.05) is 62.4 Å². The molecule has 0 atom stereocenters. The van der Waals surface area contributed by atoms with Crippen molar-refractivity contribution in [2.24, 2.45) is 0 Å². The largest absolute Gasteiger partial charge is 0.402 e. The molecule has 4 aromatic rings. The number of ether oxygens (including phenoxy) is 1. The number of nitrogens with zero attached hydrogens (tertiary/aromatic N) is 2. The highest BCUT2D eigenvalue weighted by Gasteiger charge is 2.23. The van der Waals surface area contributed by atoms with Crippen molar-refractivity contribution >= 4 is 17.7 Å². The molecule has 0 fully saturated rings. The predicted octanol–water partition coefficient (Wildman–Crippen LogP) is 6.17. The molecular formula is C25H22N2O2S. The first kappa shape index (κ1) is 20.0. The van der Waals surface area contributed by atoms with E-state index >= 15 is 0 Å². The third kappa shape index (κ3) is 4.16. The molecule has 0 bridgehead atoms. The highest BCUT2D eigenvalue weighted by Crippen LogP contribution is 2.39. The molecule has 0 aliphatic rings. The zero-order chi connectivity index (χ0) is 21.1. The van der Waals surface area contributed by atoms with Gasteiger partial charge in [0.05, 0.1) is 21.8 Å². The Bertz CT molecular complexity index is 1180. The second-order valence-electron chi connectivity index (χ2n) is 7.09. The van der Waals surface area contributed by atoms with Crippen molar-refractivity contribution in [2.75, 3.05) is 0 Å². The first-order valence-electron chi connectivity index (χ1n) is 9.70. The standard InChI is InChI=1S/C25H22N2O2S/c1-17-13-15-21(16-14-17)30-23-19(3)26-27(20-10-5-4-6-11-20)24(23)29-25(28)22-12-8-7-9-18(22)2/h4-16H,1-3H3. The molecule has 0 saturated heterocycles. The molecule has 0 N–H and O–H groups in total. The monoisotopic (exact) mass is 414 g/mol. The summed E-state index contributed by atoms with van der Waals surface area (Å²) >= 11 is 1.55. The van der Waals surface area contributed by atoms with Gasteiger partial charge in [0.25, 0.3) is 0 Å². The maximum absolute atomic E-state index is 13.0. The number of hydrogen-bond acceptors (Lipinski definition) is 4. The first-order chi connectivity index (χ1) is 14.5. The van der Waals surface area contributed by atoms with Crippen LogP contribution in [0.5, 0.6) is 5.88 Å². The summed E-state index contributed by atoms with van der Waals surface area (Å²) in [5, 5.41) is 4.68. The van der Waals surface area contributed by atoms with Crippen molar-refractivity contribution < 1.29 is 9.53 Å². The summed E-state index contributed by atoms with van der Waals surface area (Å²) in [6, 6.07) is 25.4. The lowest BCUT2D eigenvalue weighted by atomic mass is 10.1. The van der Waals surface area contributed by atoms with E-state index in [2.05, 4.69) is 36.3 Å². The predicted molar refractivity (Wildman–Crippen MR) is 120 cm³/mol. The van der Waals surface area contributed by atoms with Gasteiger partial charge in [-0.2, -0.15) is 9.78 Å². The van der Waals surface area contributed by atoms with Gasteiger partial charge in [0, 0.05) is 4.90 Å². The Morgan fingerprint density at radius 2 is 1.53 bits per heavy atom. The van der Waals surface area contributed by atoms with Crippen LogP contribution in [0, 0.1) is 20.8 Å². The number of rotatable bonds is 5. The fraction of sp³-hybridized carbons (Fsp3) is 0.120. The van der Waals surface area contributed by atoms with Crippen LogP contribution in [0.4, 0.5) is 0 Å². The second kappa shape index (κ2) is 8.59. The molecule has 1 aromatic heterocycles. The van der Waals surface area contributed by atoms with Crippen LogP contribution in [0.2, 0.25) is 0 Å². The number of carbonyl (C=O) groups is 1. The fourth-order valence-electron chi connectivity index (χ4n) is 3.11. The van der Waals surface area contributed by atoms with E-state index in [1.54, 1.807) is 22.5 Å². The Kier molecular flexibility index (Phi) is 5.72. The van der Waals surface area contributed by atoms with Gasteiger partial charge < -0.3 is 4.74 Å². The van der Waals surface area contributed by atoms with Crippen molar-refractivity contribution in [3.8, 4) is 11.6 Å². The summed E-state index contributed by atoms with van der Waals surface area (Å²) < 4.78 is 7.65. The SMILES string of the molecule is Cc1ccc(Sc2c(C)nn(-c3ccccc3)c2OC(=O)c2ccccc2C)cc1. The van der Waals surface area contributed by atoms with E-state index in [-0.39, 0.29) is 0 Å². The normalized spacial score (nSPS) is 10.8.